The molecule has 0 aromatic heterocycles. The van der Waals surface area contributed by atoms with E-state index in [9.17, 15) is 18.0 Å². The summed E-state index contributed by atoms with van der Waals surface area (Å²) in [6.07, 6.45) is 0.224. The van der Waals surface area contributed by atoms with E-state index in [4.69, 9.17) is 16.3 Å². The Hall–Kier alpha value is -4.34. The Morgan fingerprint density at radius 3 is 2.11 bits per heavy atom. The fourth-order valence-corrected chi connectivity index (χ4v) is 6.51. The zero-order valence-corrected chi connectivity index (χ0v) is 27.4. The third kappa shape index (κ3) is 8.86. The molecule has 0 radical (unpaired) electrons. The summed E-state index contributed by atoms with van der Waals surface area (Å²) < 4.78 is 34.6. The minimum atomic E-state index is -4.22. The SMILES string of the molecule is COc1ccc(S(=O)(=O)N(CC(=O)N(Cc2cccc(Cl)c2)[C@@H](Cc2ccccc2)C(=O)NC(C)C)c2ccc(C)cc2)cc1. The summed E-state index contributed by atoms with van der Waals surface area (Å²) in [5.41, 5.74) is 2.80. The van der Waals surface area contributed by atoms with Gasteiger partial charge in [-0.1, -0.05) is 71.8 Å². The maximum absolute atomic E-state index is 14.5. The molecule has 236 valence electrons. The summed E-state index contributed by atoms with van der Waals surface area (Å²) in [5.74, 6) is -0.392. The first-order valence-electron chi connectivity index (χ1n) is 14.6. The van der Waals surface area contributed by atoms with Crippen LogP contribution < -0.4 is 14.4 Å². The first kappa shape index (κ1) is 33.6. The number of hydrogen-bond donors (Lipinski definition) is 1. The summed E-state index contributed by atoms with van der Waals surface area (Å²) in [6, 6.07) is 28.2. The molecule has 4 rings (SSSR count). The lowest BCUT2D eigenvalue weighted by atomic mass is 10.0. The number of ether oxygens (including phenoxy) is 1. The first-order valence-corrected chi connectivity index (χ1v) is 16.4. The van der Waals surface area contributed by atoms with Gasteiger partial charge in [0.25, 0.3) is 10.0 Å². The molecule has 0 bridgehead atoms. The molecule has 0 aliphatic carbocycles. The number of amides is 2. The molecule has 10 heteroatoms. The molecule has 0 aliphatic heterocycles. The van der Waals surface area contributed by atoms with E-state index < -0.39 is 28.5 Å². The normalized spacial score (nSPS) is 12.0. The number of methoxy groups -OCH3 is 1. The molecule has 0 fully saturated rings. The predicted octanol–water partition coefficient (Wildman–Crippen LogP) is 6.02. The van der Waals surface area contributed by atoms with Crippen LogP contribution in [-0.2, 0) is 32.6 Å². The third-order valence-corrected chi connectivity index (χ3v) is 9.22. The van der Waals surface area contributed by atoms with Gasteiger partial charge in [0.2, 0.25) is 11.8 Å². The second-order valence-corrected chi connectivity index (χ2v) is 13.3. The van der Waals surface area contributed by atoms with Gasteiger partial charge in [-0.25, -0.2) is 8.42 Å². The van der Waals surface area contributed by atoms with Crippen molar-refractivity contribution in [2.45, 2.75) is 50.7 Å². The molecule has 1 N–H and O–H groups in total. The summed E-state index contributed by atoms with van der Waals surface area (Å²) in [4.78, 5) is 29.7. The van der Waals surface area contributed by atoms with Gasteiger partial charge in [-0.15, -0.1) is 0 Å². The van der Waals surface area contributed by atoms with Gasteiger partial charge in [0.1, 0.15) is 18.3 Å². The van der Waals surface area contributed by atoms with Crippen molar-refractivity contribution in [3.8, 4) is 5.75 Å². The lowest BCUT2D eigenvalue weighted by molar-refractivity contribution is -0.140. The monoisotopic (exact) mass is 647 g/mol. The number of carbonyl (C=O) groups excluding carboxylic acids is 2. The topological polar surface area (TPSA) is 96.0 Å². The minimum absolute atomic E-state index is 0.00328. The number of sulfonamides is 1. The molecule has 2 amide bonds. The van der Waals surface area contributed by atoms with Crippen molar-refractivity contribution in [1.29, 1.82) is 0 Å². The average molecular weight is 648 g/mol. The molecule has 0 aliphatic rings. The van der Waals surface area contributed by atoms with E-state index in [1.807, 2.05) is 57.2 Å². The van der Waals surface area contributed by atoms with Gasteiger partial charge in [-0.2, -0.15) is 0 Å². The van der Waals surface area contributed by atoms with Crippen molar-refractivity contribution < 1.29 is 22.7 Å². The molecule has 4 aromatic rings. The molecule has 45 heavy (non-hydrogen) atoms. The van der Waals surface area contributed by atoms with E-state index in [2.05, 4.69) is 5.32 Å². The lowest BCUT2D eigenvalue weighted by Gasteiger charge is -2.34. The standard InChI is InChI=1S/C35H38ClN3O5S/c1-25(2)37-35(41)33(22-27-9-6-5-7-10-27)38(23-28-11-8-12-29(36)21-28)34(40)24-39(30-15-13-26(3)14-16-30)45(42,43)32-19-17-31(44-4)18-20-32/h5-21,25,33H,22-24H2,1-4H3,(H,37,41)/t33-/m0/s1. The van der Waals surface area contributed by atoms with Gasteiger partial charge >= 0.3 is 0 Å². The van der Waals surface area contributed by atoms with E-state index in [1.54, 1.807) is 54.6 Å². The summed E-state index contributed by atoms with van der Waals surface area (Å²) >= 11 is 6.30. The Morgan fingerprint density at radius 2 is 1.51 bits per heavy atom. The second kappa shape index (κ2) is 15.1. The highest BCUT2D eigenvalue weighted by Gasteiger charge is 2.35. The van der Waals surface area contributed by atoms with Crippen LogP contribution in [0.3, 0.4) is 0 Å². The molecule has 0 unspecified atom stereocenters. The number of hydrogen-bond acceptors (Lipinski definition) is 5. The fraction of sp³-hybridized carbons (Fsp3) is 0.257. The van der Waals surface area contributed by atoms with Crippen LogP contribution in [0.2, 0.25) is 5.02 Å². The number of anilines is 1. The minimum Gasteiger partial charge on any atom is -0.497 e. The number of rotatable bonds is 13. The van der Waals surface area contributed by atoms with Crippen molar-refractivity contribution in [1.82, 2.24) is 10.2 Å². The fourth-order valence-electron chi connectivity index (χ4n) is 4.88. The average Bonchev–Trinajstić information content (AvgIpc) is 3.02. The maximum Gasteiger partial charge on any atom is 0.264 e. The van der Waals surface area contributed by atoms with E-state index in [-0.39, 0.29) is 29.8 Å². The zero-order chi connectivity index (χ0) is 32.6. The first-order chi connectivity index (χ1) is 21.5. The largest absolute Gasteiger partial charge is 0.497 e. The molecular formula is C35H38ClN3O5S. The number of nitrogens with zero attached hydrogens (tertiary/aromatic N) is 2. The lowest BCUT2D eigenvalue weighted by Crippen LogP contribution is -2.54. The van der Waals surface area contributed by atoms with Crippen LogP contribution in [0.5, 0.6) is 5.75 Å². The molecule has 0 spiro atoms. The van der Waals surface area contributed by atoms with Gasteiger partial charge in [0.05, 0.1) is 17.7 Å². The number of nitrogens with one attached hydrogen (secondary N) is 1. The molecule has 0 saturated heterocycles. The summed E-state index contributed by atoms with van der Waals surface area (Å²) in [6.45, 7) is 5.08. The molecule has 0 saturated carbocycles. The Bertz CT molecular complexity index is 1700. The van der Waals surface area contributed by atoms with Crippen LogP contribution >= 0.6 is 11.6 Å². The van der Waals surface area contributed by atoms with E-state index in [1.165, 1.54) is 24.1 Å². The van der Waals surface area contributed by atoms with Crippen LogP contribution in [0.25, 0.3) is 0 Å². The second-order valence-electron chi connectivity index (χ2n) is 11.0. The Kier molecular flexibility index (Phi) is 11.3. The van der Waals surface area contributed by atoms with E-state index in [0.717, 1.165) is 15.4 Å². The highest BCUT2D eigenvalue weighted by Crippen LogP contribution is 2.27. The van der Waals surface area contributed by atoms with Crippen LogP contribution in [0.15, 0.2) is 108 Å². The Morgan fingerprint density at radius 1 is 0.867 bits per heavy atom. The number of carbonyl (C=O) groups is 2. The highest BCUT2D eigenvalue weighted by atomic mass is 35.5. The van der Waals surface area contributed by atoms with Gasteiger partial charge in [-0.05, 0) is 80.4 Å². The molecule has 4 aromatic carbocycles. The molecule has 8 nitrogen and oxygen atoms in total. The van der Waals surface area contributed by atoms with E-state index in [0.29, 0.717) is 22.0 Å². The van der Waals surface area contributed by atoms with Crippen LogP contribution in [0.1, 0.15) is 30.5 Å². The highest BCUT2D eigenvalue weighted by molar-refractivity contribution is 7.92. The van der Waals surface area contributed by atoms with Crippen molar-refractivity contribution in [3.05, 3.63) is 125 Å². The number of benzene rings is 4. The quantitative estimate of drug-likeness (QED) is 0.192. The number of halogens is 1. The van der Waals surface area contributed by atoms with Gasteiger partial charge in [0, 0.05) is 24.0 Å². The Labute approximate surface area is 270 Å². The third-order valence-electron chi connectivity index (χ3n) is 7.19. The van der Waals surface area contributed by atoms with Gasteiger partial charge < -0.3 is 15.0 Å². The number of aryl methyl sites for hydroxylation is 1. The van der Waals surface area contributed by atoms with Crippen molar-refractivity contribution in [2.24, 2.45) is 0 Å². The van der Waals surface area contributed by atoms with Crippen LogP contribution in [0, 0.1) is 6.92 Å². The van der Waals surface area contributed by atoms with Crippen LogP contribution in [0.4, 0.5) is 5.69 Å². The predicted molar refractivity (Wildman–Crippen MR) is 178 cm³/mol. The zero-order valence-electron chi connectivity index (χ0n) is 25.8. The molecule has 1 atom stereocenters. The molecular weight excluding hydrogens is 610 g/mol. The van der Waals surface area contributed by atoms with Crippen molar-refractivity contribution >= 4 is 39.1 Å². The smallest absolute Gasteiger partial charge is 0.264 e. The summed E-state index contributed by atoms with van der Waals surface area (Å²) in [5, 5.41) is 3.43. The maximum atomic E-state index is 14.5. The van der Waals surface area contributed by atoms with Crippen LogP contribution in [-0.4, -0.2) is 50.9 Å². The Balaban J connectivity index is 1.80. The van der Waals surface area contributed by atoms with Gasteiger partial charge in [-0.3, -0.25) is 13.9 Å². The van der Waals surface area contributed by atoms with Crippen molar-refractivity contribution in [3.63, 3.8) is 0 Å². The van der Waals surface area contributed by atoms with Crippen molar-refractivity contribution in [2.75, 3.05) is 18.0 Å². The summed E-state index contributed by atoms with van der Waals surface area (Å²) in [7, 11) is -2.72. The van der Waals surface area contributed by atoms with E-state index >= 15 is 0 Å². The van der Waals surface area contributed by atoms with Gasteiger partial charge in [0.15, 0.2) is 0 Å². The molecule has 0 heterocycles.